The van der Waals surface area contributed by atoms with E-state index in [1.165, 1.54) is 12.1 Å². The second-order valence-electron chi connectivity index (χ2n) is 5.22. The van der Waals surface area contributed by atoms with Crippen LogP contribution in [0.5, 0.6) is 11.5 Å². The Morgan fingerprint density at radius 3 is 2.08 bits per heavy atom. The summed E-state index contributed by atoms with van der Waals surface area (Å²) in [6.07, 6.45) is 0. The van der Waals surface area contributed by atoms with E-state index in [1.807, 2.05) is 18.2 Å². The maximum absolute atomic E-state index is 12.5. The minimum Gasteiger partial charge on any atom is -0.478 e. The number of aromatic carboxylic acids is 1. The van der Waals surface area contributed by atoms with E-state index >= 15 is 0 Å². The predicted octanol–water partition coefficient (Wildman–Crippen LogP) is 4.43. The molecule has 3 rings (SSSR count). The number of nitrogens with one attached hydrogen (secondary N) is 1. The molecule has 5 heteroatoms. The van der Waals surface area contributed by atoms with E-state index < -0.39 is 11.9 Å². The molecule has 0 saturated carbocycles. The molecule has 3 aromatic rings. The quantitative estimate of drug-likeness (QED) is 0.724. The van der Waals surface area contributed by atoms with Crippen LogP contribution < -0.4 is 10.1 Å². The molecule has 0 fully saturated rings. The lowest BCUT2D eigenvalue weighted by Gasteiger charge is -2.13. The number of hydrogen-bond acceptors (Lipinski definition) is 3. The second kappa shape index (κ2) is 7.31. The van der Waals surface area contributed by atoms with Gasteiger partial charge in [-0.2, -0.15) is 0 Å². The Balaban J connectivity index is 1.86. The van der Waals surface area contributed by atoms with Crippen LogP contribution >= 0.6 is 0 Å². The molecule has 0 aliphatic rings. The van der Waals surface area contributed by atoms with Crippen LogP contribution in [-0.2, 0) is 0 Å². The lowest BCUT2D eigenvalue weighted by molar-refractivity contribution is 0.0692. The Kier molecular flexibility index (Phi) is 4.76. The summed E-state index contributed by atoms with van der Waals surface area (Å²) in [5.41, 5.74) is 0.488. The van der Waals surface area contributed by atoms with Crippen LogP contribution in [0.1, 0.15) is 20.7 Å². The van der Waals surface area contributed by atoms with Crippen molar-refractivity contribution in [1.29, 1.82) is 0 Å². The first-order valence-electron chi connectivity index (χ1n) is 7.61. The minimum atomic E-state index is -1.15. The highest BCUT2D eigenvalue weighted by Crippen LogP contribution is 2.29. The van der Waals surface area contributed by atoms with Gasteiger partial charge in [0, 0.05) is 0 Å². The average Bonchev–Trinajstić information content (AvgIpc) is 2.64. The number of carboxylic acids is 1. The van der Waals surface area contributed by atoms with Crippen molar-refractivity contribution < 1.29 is 19.4 Å². The van der Waals surface area contributed by atoms with Crippen molar-refractivity contribution in [3.05, 3.63) is 90.0 Å². The Morgan fingerprint density at radius 2 is 1.36 bits per heavy atom. The third-order valence-electron chi connectivity index (χ3n) is 3.51. The van der Waals surface area contributed by atoms with Gasteiger partial charge >= 0.3 is 5.97 Å². The summed E-state index contributed by atoms with van der Waals surface area (Å²) in [4.78, 5) is 23.8. The number of amides is 1. The van der Waals surface area contributed by atoms with Gasteiger partial charge in [-0.3, -0.25) is 4.79 Å². The molecule has 0 unspecified atom stereocenters. The summed E-state index contributed by atoms with van der Waals surface area (Å²) in [5, 5.41) is 11.9. The molecule has 1 amide bonds. The molecule has 0 aliphatic carbocycles. The Morgan fingerprint density at radius 1 is 0.760 bits per heavy atom. The van der Waals surface area contributed by atoms with E-state index in [2.05, 4.69) is 5.32 Å². The second-order valence-corrected chi connectivity index (χ2v) is 5.22. The van der Waals surface area contributed by atoms with Crippen molar-refractivity contribution >= 4 is 17.6 Å². The van der Waals surface area contributed by atoms with Gasteiger partial charge in [-0.05, 0) is 36.4 Å². The predicted molar refractivity (Wildman–Crippen MR) is 94.3 cm³/mol. The van der Waals surface area contributed by atoms with Crippen LogP contribution in [0.4, 0.5) is 5.69 Å². The van der Waals surface area contributed by atoms with Crippen molar-refractivity contribution in [1.82, 2.24) is 0 Å². The minimum absolute atomic E-state index is 0.0542. The van der Waals surface area contributed by atoms with Crippen LogP contribution in [-0.4, -0.2) is 17.0 Å². The Hall–Kier alpha value is -3.60. The van der Waals surface area contributed by atoms with Crippen LogP contribution in [0.15, 0.2) is 78.9 Å². The smallest absolute Gasteiger partial charge is 0.336 e. The Labute approximate surface area is 144 Å². The number of hydrogen-bond donors (Lipinski definition) is 2. The number of carbonyl (C=O) groups excluding carboxylic acids is 1. The van der Waals surface area contributed by atoms with Gasteiger partial charge in [0.05, 0.1) is 16.8 Å². The third kappa shape index (κ3) is 3.84. The highest BCUT2D eigenvalue weighted by molar-refractivity contribution is 6.11. The van der Waals surface area contributed by atoms with E-state index in [-0.39, 0.29) is 11.1 Å². The third-order valence-corrected chi connectivity index (χ3v) is 3.51. The first-order chi connectivity index (χ1) is 12.1. The first kappa shape index (κ1) is 16.3. The van der Waals surface area contributed by atoms with Gasteiger partial charge in [0.15, 0.2) is 5.75 Å². The van der Waals surface area contributed by atoms with Crippen molar-refractivity contribution in [3.63, 3.8) is 0 Å². The number of carboxylic acid groups (broad SMARTS) is 1. The maximum Gasteiger partial charge on any atom is 0.336 e. The van der Waals surface area contributed by atoms with Crippen molar-refractivity contribution in [3.8, 4) is 11.5 Å². The molecule has 0 aliphatic heterocycles. The molecule has 124 valence electrons. The molecule has 0 spiro atoms. The van der Waals surface area contributed by atoms with Crippen molar-refractivity contribution in [2.24, 2.45) is 0 Å². The first-order valence-corrected chi connectivity index (χ1v) is 7.61. The van der Waals surface area contributed by atoms with Crippen LogP contribution in [0.3, 0.4) is 0 Å². The molecular weight excluding hydrogens is 318 g/mol. The molecule has 3 aromatic carbocycles. The van der Waals surface area contributed by atoms with Gasteiger partial charge in [-0.1, -0.05) is 42.5 Å². The van der Waals surface area contributed by atoms with Crippen molar-refractivity contribution in [2.75, 3.05) is 5.32 Å². The molecule has 0 aromatic heterocycles. The Bertz CT molecular complexity index is 906. The van der Waals surface area contributed by atoms with E-state index in [0.29, 0.717) is 17.2 Å². The fraction of sp³-hybridized carbons (Fsp3) is 0. The number of rotatable bonds is 5. The number of para-hydroxylation sites is 3. The fourth-order valence-electron chi connectivity index (χ4n) is 2.33. The zero-order valence-electron chi connectivity index (χ0n) is 13.2. The summed E-state index contributed by atoms with van der Waals surface area (Å²) in [6, 6.07) is 22.2. The largest absolute Gasteiger partial charge is 0.478 e. The fourth-order valence-corrected chi connectivity index (χ4v) is 2.33. The van der Waals surface area contributed by atoms with Gasteiger partial charge in [0.1, 0.15) is 5.75 Å². The van der Waals surface area contributed by atoms with Gasteiger partial charge < -0.3 is 15.2 Å². The molecule has 0 saturated heterocycles. The molecule has 0 heterocycles. The van der Waals surface area contributed by atoms with Crippen molar-refractivity contribution in [2.45, 2.75) is 0 Å². The van der Waals surface area contributed by atoms with E-state index in [1.54, 1.807) is 48.5 Å². The van der Waals surface area contributed by atoms with E-state index in [9.17, 15) is 14.7 Å². The monoisotopic (exact) mass is 333 g/mol. The van der Waals surface area contributed by atoms with Gasteiger partial charge in [0.2, 0.25) is 0 Å². The molecule has 0 radical (unpaired) electrons. The lowest BCUT2D eigenvalue weighted by Crippen LogP contribution is -2.16. The standard InChI is InChI=1S/C20H15NO4/c22-19(15-10-4-5-11-16(15)20(23)24)21-17-12-6-7-13-18(17)25-14-8-2-1-3-9-14/h1-13H,(H,21,22)(H,23,24). The number of anilines is 1. The molecule has 0 atom stereocenters. The van der Waals surface area contributed by atoms with Crippen LogP contribution in [0.2, 0.25) is 0 Å². The molecule has 25 heavy (non-hydrogen) atoms. The average molecular weight is 333 g/mol. The van der Waals surface area contributed by atoms with Gasteiger partial charge in [-0.15, -0.1) is 0 Å². The summed E-state index contributed by atoms with van der Waals surface area (Å²) in [6.45, 7) is 0. The zero-order valence-corrected chi connectivity index (χ0v) is 13.2. The molecule has 5 nitrogen and oxygen atoms in total. The molecule has 2 N–H and O–H groups in total. The summed E-state index contributed by atoms with van der Waals surface area (Å²) in [5.74, 6) is -0.563. The summed E-state index contributed by atoms with van der Waals surface area (Å²) < 4.78 is 5.79. The van der Waals surface area contributed by atoms with Gasteiger partial charge in [-0.25, -0.2) is 4.79 Å². The van der Waals surface area contributed by atoms with Crippen LogP contribution in [0.25, 0.3) is 0 Å². The number of benzene rings is 3. The SMILES string of the molecule is O=C(O)c1ccccc1C(=O)Nc1ccccc1Oc1ccccc1. The summed E-state index contributed by atoms with van der Waals surface area (Å²) in [7, 11) is 0. The van der Waals surface area contributed by atoms with E-state index in [0.717, 1.165) is 0 Å². The van der Waals surface area contributed by atoms with Crippen LogP contribution in [0, 0.1) is 0 Å². The zero-order chi connectivity index (χ0) is 17.6. The van der Waals surface area contributed by atoms with E-state index in [4.69, 9.17) is 4.74 Å². The lowest BCUT2D eigenvalue weighted by atomic mass is 10.1. The summed E-state index contributed by atoms with van der Waals surface area (Å²) >= 11 is 0. The molecule has 0 bridgehead atoms. The normalized spacial score (nSPS) is 10.1. The number of carbonyl (C=O) groups is 2. The molecular formula is C20H15NO4. The highest BCUT2D eigenvalue weighted by atomic mass is 16.5. The number of ether oxygens (including phenoxy) is 1. The maximum atomic E-state index is 12.5. The highest BCUT2D eigenvalue weighted by Gasteiger charge is 2.17. The topological polar surface area (TPSA) is 75.6 Å². The van der Waals surface area contributed by atoms with Gasteiger partial charge in [0.25, 0.3) is 5.91 Å².